The SMILES string of the molecule is C=C(/C=C\NS(C)(=O)=O)C(=NC=N)/C(C)=C/N(C)C(C)CCOC. The summed E-state index contributed by atoms with van der Waals surface area (Å²) in [6, 6.07) is 0.275. The predicted octanol–water partition coefficient (Wildman–Crippen LogP) is 1.91. The normalized spacial score (nSPS) is 14.5. The van der Waals surface area contributed by atoms with Crippen molar-refractivity contribution >= 4 is 22.1 Å². The molecule has 0 aromatic rings. The van der Waals surface area contributed by atoms with Crippen molar-refractivity contribution in [1.29, 1.82) is 5.41 Å². The van der Waals surface area contributed by atoms with E-state index in [1.165, 1.54) is 12.3 Å². The van der Waals surface area contributed by atoms with Gasteiger partial charge in [-0.05, 0) is 37.5 Å². The number of nitrogens with one attached hydrogen (secondary N) is 2. The van der Waals surface area contributed by atoms with Crippen molar-refractivity contribution in [2.24, 2.45) is 4.99 Å². The quantitative estimate of drug-likeness (QED) is 0.336. The van der Waals surface area contributed by atoms with E-state index in [2.05, 4.69) is 23.2 Å². The van der Waals surface area contributed by atoms with Crippen LogP contribution in [0, 0.1) is 5.41 Å². The van der Waals surface area contributed by atoms with Crippen LogP contribution in [0.4, 0.5) is 0 Å². The predicted molar refractivity (Wildman–Crippen MR) is 100.0 cm³/mol. The van der Waals surface area contributed by atoms with E-state index in [4.69, 9.17) is 10.1 Å². The highest BCUT2D eigenvalue weighted by atomic mass is 32.2. The maximum Gasteiger partial charge on any atom is 0.229 e. The second kappa shape index (κ2) is 10.8. The van der Waals surface area contributed by atoms with Gasteiger partial charge in [-0.25, -0.2) is 13.4 Å². The maximum atomic E-state index is 11.1. The number of nitrogens with zero attached hydrogens (tertiary/aromatic N) is 2. The lowest BCUT2D eigenvalue weighted by Gasteiger charge is -2.24. The van der Waals surface area contributed by atoms with E-state index >= 15 is 0 Å². The summed E-state index contributed by atoms with van der Waals surface area (Å²) >= 11 is 0. The van der Waals surface area contributed by atoms with Crippen LogP contribution >= 0.6 is 0 Å². The van der Waals surface area contributed by atoms with Crippen molar-refractivity contribution in [3.05, 3.63) is 36.2 Å². The number of hydrogen-bond acceptors (Lipinski definition) is 5. The third-order valence-corrected chi connectivity index (χ3v) is 3.83. The number of sulfonamides is 1. The summed E-state index contributed by atoms with van der Waals surface area (Å²) in [5.74, 6) is 0. The van der Waals surface area contributed by atoms with Gasteiger partial charge in [0.2, 0.25) is 10.0 Å². The van der Waals surface area contributed by atoms with Crippen LogP contribution in [0.5, 0.6) is 0 Å². The fourth-order valence-corrected chi connectivity index (χ4v) is 2.14. The Balaban J connectivity index is 5.16. The van der Waals surface area contributed by atoms with Crippen molar-refractivity contribution in [2.75, 3.05) is 27.0 Å². The number of allylic oxidation sites excluding steroid dienone is 3. The molecule has 1 unspecified atom stereocenters. The minimum absolute atomic E-state index is 0.275. The molecule has 0 heterocycles. The zero-order chi connectivity index (χ0) is 18.8. The van der Waals surface area contributed by atoms with Gasteiger partial charge in [-0.15, -0.1) is 0 Å². The van der Waals surface area contributed by atoms with Crippen LogP contribution in [-0.2, 0) is 14.8 Å². The number of ether oxygens (including phenoxy) is 1. The van der Waals surface area contributed by atoms with Gasteiger partial charge in [-0.3, -0.25) is 10.1 Å². The van der Waals surface area contributed by atoms with E-state index in [9.17, 15) is 8.42 Å². The lowest BCUT2D eigenvalue weighted by Crippen LogP contribution is -2.26. The topological polar surface area (TPSA) is 94.8 Å². The molecule has 0 aromatic carbocycles. The number of rotatable bonds is 11. The highest BCUT2D eigenvalue weighted by Gasteiger charge is 2.09. The Hall–Kier alpha value is -1.93. The Labute approximate surface area is 145 Å². The first kappa shape index (κ1) is 22.1. The second-order valence-corrected chi connectivity index (χ2v) is 7.24. The van der Waals surface area contributed by atoms with Gasteiger partial charge in [-0.2, -0.15) is 0 Å². The van der Waals surface area contributed by atoms with Gasteiger partial charge in [0.1, 0.15) is 6.34 Å². The summed E-state index contributed by atoms with van der Waals surface area (Å²) in [6.45, 7) is 8.50. The van der Waals surface area contributed by atoms with Crippen LogP contribution in [0.2, 0.25) is 0 Å². The third kappa shape index (κ3) is 9.26. The van der Waals surface area contributed by atoms with E-state index < -0.39 is 10.0 Å². The Bertz CT molecular complexity index is 621. The molecule has 0 aliphatic rings. The van der Waals surface area contributed by atoms with Gasteiger partial charge in [0, 0.05) is 39.2 Å². The van der Waals surface area contributed by atoms with Crippen molar-refractivity contribution in [3.8, 4) is 0 Å². The van der Waals surface area contributed by atoms with Crippen LogP contribution in [0.15, 0.2) is 41.2 Å². The second-order valence-electron chi connectivity index (χ2n) is 5.46. The summed E-state index contributed by atoms with van der Waals surface area (Å²) in [6.07, 6.45) is 7.60. The Kier molecular flexibility index (Phi) is 9.91. The highest BCUT2D eigenvalue weighted by Crippen LogP contribution is 2.11. The Morgan fingerprint density at radius 1 is 1.50 bits per heavy atom. The van der Waals surface area contributed by atoms with Crippen molar-refractivity contribution in [1.82, 2.24) is 9.62 Å². The average molecular weight is 356 g/mol. The van der Waals surface area contributed by atoms with Gasteiger partial charge in [0.25, 0.3) is 0 Å². The van der Waals surface area contributed by atoms with Crippen LogP contribution in [0.25, 0.3) is 0 Å². The summed E-state index contributed by atoms with van der Waals surface area (Å²) in [4.78, 5) is 6.07. The number of methoxy groups -OCH3 is 1. The zero-order valence-corrected chi connectivity index (χ0v) is 15.9. The molecule has 0 radical (unpaired) electrons. The molecule has 8 heteroatoms. The minimum atomic E-state index is -3.31. The molecule has 0 amide bonds. The molecule has 0 saturated carbocycles. The fourth-order valence-electron chi connectivity index (χ4n) is 1.83. The van der Waals surface area contributed by atoms with E-state index in [0.29, 0.717) is 17.9 Å². The summed E-state index contributed by atoms with van der Waals surface area (Å²) in [5, 5.41) is 7.21. The molecule has 0 rings (SSSR count). The summed E-state index contributed by atoms with van der Waals surface area (Å²) in [7, 11) is 0.310. The Morgan fingerprint density at radius 3 is 2.62 bits per heavy atom. The standard InChI is InChI=1S/C16H28N4O3S/c1-13(7-9-19-24(6,21)22)16(18-12-17)14(2)11-20(4)15(3)8-10-23-5/h7,9,11-12,15,17,19H,1,8,10H2,2-6H3/b9-7-,14-11+,17-12?,18-16?. The van der Waals surface area contributed by atoms with Crippen molar-refractivity contribution in [3.63, 3.8) is 0 Å². The molecule has 0 saturated heterocycles. The number of hydrogen-bond donors (Lipinski definition) is 2. The molecule has 7 nitrogen and oxygen atoms in total. The molecule has 1 atom stereocenters. The molecule has 24 heavy (non-hydrogen) atoms. The highest BCUT2D eigenvalue weighted by molar-refractivity contribution is 7.88. The van der Waals surface area contributed by atoms with Gasteiger partial charge < -0.3 is 9.64 Å². The van der Waals surface area contributed by atoms with E-state index in [1.54, 1.807) is 7.11 Å². The van der Waals surface area contributed by atoms with Gasteiger partial charge in [0.15, 0.2) is 0 Å². The molecule has 2 N–H and O–H groups in total. The average Bonchev–Trinajstić information content (AvgIpc) is 2.48. The smallest absolute Gasteiger partial charge is 0.229 e. The molecule has 136 valence electrons. The third-order valence-electron chi connectivity index (χ3n) is 3.27. The first-order chi connectivity index (χ1) is 11.1. The first-order valence-electron chi connectivity index (χ1n) is 7.42. The largest absolute Gasteiger partial charge is 0.385 e. The molecule has 0 aliphatic heterocycles. The molecular formula is C16H28N4O3S. The zero-order valence-electron chi connectivity index (χ0n) is 15.0. The monoisotopic (exact) mass is 356 g/mol. The lowest BCUT2D eigenvalue weighted by molar-refractivity contribution is 0.168. The summed E-state index contributed by atoms with van der Waals surface area (Å²) in [5.41, 5.74) is 1.84. The molecule has 0 aliphatic carbocycles. The lowest BCUT2D eigenvalue weighted by atomic mass is 10.1. The van der Waals surface area contributed by atoms with Crippen LogP contribution < -0.4 is 4.72 Å². The molecule has 0 aromatic heterocycles. The van der Waals surface area contributed by atoms with E-state index in [-0.39, 0.29) is 6.04 Å². The Morgan fingerprint density at radius 2 is 2.12 bits per heavy atom. The van der Waals surface area contributed by atoms with Gasteiger partial charge in [0.05, 0.1) is 12.0 Å². The van der Waals surface area contributed by atoms with Crippen LogP contribution in [0.3, 0.4) is 0 Å². The summed E-state index contributed by atoms with van der Waals surface area (Å²) < 4.78 is 29.5. The van der Waals surface area contributed by atoms with Gasteiger partial charge >= 0.3 is 0 Å². The van der Waals surface area contributed by atoms with Crippen molar-refractivity contribution in [2.45, 2.75) is 26.3 Å². The van der Waals surface area contributed by atoms with E-state index in [0.717, 1.165) is 24.6 Å². The molecule has 0 spiro atoms. The minimum Gasteiger partial charge on any atom is -0.385 e. The number of aliphatic imine (C=N–C) groups is 1. The van der Waals surface area contributed by atoms with Crippen LogP contribution in [0.1, 0.15) is 20.3 Å². The molecule has 0 bridgehead atoms. The van der Waals surface area contributed by atoms with Crippen molar-refractivity contribution < 1.29 is 13.2 Å². The fraction of sp³-hybridized carbons (Fsp3) is 0.500. The molecular weight excluding hydrogens is 328 g/mol. The van der Waals surface area contributed by atoms with Crippen LogP contribution in [-0.4, -0.2) is 58.4 Å². The molecule has 0 fully saturated rings. The maximum absolute atomic E-state index is 11.1. The van der Waals surface area contributed by atoms with E-state index in [1.807, 2.05) is 25.1 Å². The first-order valence-corrected chi connectivity index (χ1v) is 9.31. The van der Waals surface area contributed by atoms with Gasteiger partial charge in [-0.1, -0.05) is 6.58 Å².